The number of aliphatic hydroxyl groups is 1. The van der Waals surface area contributed by atoms with Gasteiger partial charge in [0.1, 0.15) is 0 Å². The van der Waals surface area contributed by atoms with Crippen LogP contribution < -0.4 is 0 Å². The predicted molar refractivity (Wildman–Crippen MR) is 51.0 cm³/mol. The lowest BCUT2D eigenvalue weighted by Crippen LogP contribution is -2.29. The highest BCUT2D eigenvalue weighted by atomic mass is 16.3. The van der Waals surface area contributed by atoms with Crippen LogP contribution in [0.25, 0.3) is 0 Å². The lowest BCUT2D eigenvalue weighted by molar-refractivity contribution is 0.185. The molecule has 0 amide bonds. The summed E-state index contributed by atoms with van der Waals surface area (Å²) in [6.07, 6.45) is 0.960. The van der Waals surface area contributed by atoms with E-state index in [1.54, 1.807) is 0 Å². The minimum Gasteiger partial charge on any atom is -0.396 e. The molecule has 0 aromatic carbocycles. The molecule has 2 atom stereocenters. The van der Waals surface area contributed by atoms with Crippen LogP contribution in [0.15, 0.2) is 0 Å². The van der Waals surface area contributed by atoms with E-state index in [0.29, 0.717) is 5.92 Å². The Morgan fingerprint density at radius 2 is 2.38 bits per heavy atom. The van der Waals surface area contributed by atoms with Crippen molar-refractivity contribution in [2.24, 2.45) is 11.3 Å². The number of nitrogens with zero attached hydrogens (tertiary/aromatic N) is 2. The number of likely N-dealkylation sites (tertiary alicyclic amines) is 1. The Bertz CT molecular complexity index is 211. The summed E-state index contributed by atoms with van der Waals surface area (Å²) in [6.45, 7) is 7.04. The highest BCUT2D eigenvalue weighted by Gasteiger charge is 2.33. The molecule has 1 N–H and O–H groups in total. The van der Waals surface area contributed by atoms with Gasteiger partial charge in [-0.3, -0.25) is 0 Å². The normalized spacial score (nSPS) is 31.5. The molecule has 0 aromatic heterocycles. The first-order valence-electron chi connectivity index (χ1n) is 4.84. The van der Waals surface area contributed by atoms with Crippen LogP contribution in [-0.2, 0) is 0 Å². The molecule has 0 saturated carbocycles. The first kappa shape index (κ1) is 10.5. The minimum absolute atomic E-state index is 0.158. The Morgan fingerprint density at radius 1 is 1.69 bits per heavy atom. The number of hydrogen-bond donors (Lipinski definition) is 1. The average molecular weight is 182 g/mol. The summed E-state index contributed by atoms with van der Waals surface area (Å²) in [7, 11) is 0. The molecule has 0 aliphatic carbocycles. The third-order valence-electron chi connectivity index (χ3n) is 2.70. The van der Waals surface area contributed by atoms with Crippen molar-refractivity contribution in [1.29, 1.82) is 5.26 Å². The molecule has 74 valence electrons. The largest absolute Gasteiger partial charge is 0.396 e. The minimum atomic E-state index is -0.158. The second kappa shape index (κ2) is 4.08. The highest BCUT2D eigenvalue weighted by molar-refractivity contribution is 5.02. The summed E-state index contributed by atoms with van der Waals surface area (Å²) in [4.78, 5) is 2.27. The summed E-state index contributed by atoms with van der Waals surface area (Å²) in [5.41, 5.74) is -0.158. The molecule has 3 heteroatoms. The number of rotatable bonds is 3. The summed E-state index contributed by atoms with van der Waals surface area (Å²) >= 11 is 0. The monoisotopic (exact) mass is 182 g/mol. The Labute approximate surface area is 80.0 Å². The lowest BCUT2D eigenvalue weighted by atomic mass is 9.92. The third kappa shape index (κ3) is 2.68. The fourth-order valence-electron chi connectivity index (χ4n) is 1.80. The van der Waals surface area contributed by atoms with Crippen molar-refractivity contribution >= 4 is 0 Å². The van der Waals surface area contributed by atoms with Crippen molar-refractivity contribution in [3.05, 3.63) is 0 Å². The number of aliphatic hydroxyl groups excluding tert-OH is 1. The average Bonchev–Trinajstić information content (AvgIpc) is 2.48. The van der Waals surface area contributed by atoms with Crippen molar-refractivity contribution in [2.45, 2.75) is 20.3 Å². The zero-order valence-electron chi connectivity index (χ0n) is 8.45. The Balaban J connectivity index is 2.38. The summed E-state index contributed by atoms with van der Waals surface area (Å²) in [5, 5.41) is 17.8. The molecule has 1 fully saturated rings. The molecule has 1 aliphatic rings. The second-order valence-corrected chi connectivity index (χ2v) is 4.45. The van der Waals surface area contributed by atoms with E-state index < -0.39 is 0 Å². The van der Waals surface area contributed by atoms with Crippen LogP contribution in [0.3, 0.4) is 0 Å². The second-order valence-electron chi connectivity index (χ2n) is 4.45. The maximum atomic E-state index is 8.91. The van der Waals surface area contributed by atoms with Gasteiger partial charge in [-0.1, -0.05) is 6.92 Å². The molecule has 1 heterocycles. The van der Waals surface area contributed by atoms with Gasteiger partial charge in [-0.25, -0.2) is 0 Å². The van der Waals surface area contributed by atoms with E-state index in [1.807, 2.05) is 13.8 Å². The molecule has 0 bridgehead atoms. The molecule has 3 nitrogen and oxygen atoms in total. The lowest BCUT2D eigenvalue weighted by Gasteiger charge is -2.20. The first-order valence-corrected chi connectivity index (χ1v) is 4.84. The van der Waals surface area contributed by atoms with Crippen molar-refractivity contribution in [2.75, 3.05) is 26.2 Å². The van der Waals surface area contributed by atoms with Gasteiger partial charge >= 0.3 is 0 Å². The molecule has 0 radical (unpaired) electrons. The number of hydrogen-bond acceptors (Lipinski definition) is 3. The highest BCUT2D eigenvalue weighted by Crippen LogP contribution is 2.28. The summed E-state index contributed by atoms with van der Waals surface area (Å²) in [5.74, 6) is 0.320. The van der Waals surface area contributed by atoms with Crippen LogP contribution in [-0.4, -0.2) is 36.2 Å². The molecule has 0 spiro atoms. The van der Waals surface area contributed by atoms with Gasteiger partial charge in [0.25, 0.3) is 0 Å². The van der Waals surface area contributed by atoms with E-state index in [-0.39, 0.29) is 12.0 Å². The van der Waals surface area contributed by atoms with Crippen LogP contribution >= 0.6 is 0 Å². The van der Waals surface area contributed by atoms with E-state index in [4.69, 9.17) is 10.4 Å². The molecule has 0 aromatic rings. The molecule has 13 heavy (non-hydrogen) atoms. The van der Waals surface area contributed by atoms with Gasteiger partial charge < -0.3 is 10.0 Å². The van der Waals surface area contributed by atoms with Crippen LogP contribution in [0.5, 0.6) is 0 Å². The van der Waals surface area contributed by atoms with Crippen LogP contribution in [0.4, 0.5) is 0 Å². The van der Waals surface area contributed by atoms with E-state index in [9.17, 15) is 0 Å². The third-order valence-corrected chi connectivity index (χ3v) is 2.70. The molecular formula is C10H18N2O. The topological polar surface area (TPSA) is 47.3 Å². The van der Waals surface area contributed by atoms with Gasteiger partial charge in [0, 0.05) is 19.7 Å². The molecule has 2 unspecified atom stereocenters. The van der Waals surface area contributed by atoms with E-state index >= 15 is 0 Å². The van der Waals surface area contributed by atoms with Crippen molar-refractivity contribution < 1.29 is 5.11 Å². The number of nitriles is 1. The standard InChI is InChI=1S/C10H18N2O/c1-9(6-13)5-12-4-3-10(2,7-11)8-12/h9,13H,3-6,8H2,1-2H3. The van der Waals surface area contributed by atoms with Gasteiger partial charge in [0.2, 0.25) is 0 Å². The fraction of sp³-hybridized carbons (Fsp3) is 0.900. The van der Waals surface area contributed by atoms with Gasteiger partial charge in [-0.05, 0) is 25.8 Å². The zero-order chi connectivity index (χ0) is 9.90. The van der Waals surface area contributed by atoms with E-state index in [1.165, 1.54) is 0 Å². The Morgan fingerprint density at radius 3 is 2.85 bits per heavy atom. The van der Waals surface area contributed by atoms with E-state index in [0.717, 1.165) is 26.1 Å². The first-order chi connectivity index (χ1) is 6.09. The molecule has 1 rings (SSSR count). The van der Waals surface area contributed by atoms with E-state index in [2.05, 4.69) is 11.0 Å². The van der Waals surface area contributed by atoms with Gasteiger partial charge in [-0.15, -0.1) is 0 Å². The van der Waals surface area contributed by atoms with Crippen LogP contribution in [0.2, 0.25) is 0 Å². The fourth-order valence-corrected chi connectivity index (χ4v) is 1.80. The predicted octanol–water partition coefficient (Wildman–Crippen LogP) is 0.850. The zero-order valence-corrected chi connectivity index (χ0v) is 8.45. The van der Waals surface area contributed by atoms with Gasteiger partial charge in [0.05, 0.1) is 11.5 Å². The molecule has 1 aliphatic heterocycles. The van der Waals surface area contributed by atoms with Crippen LogP contribution in [0.1, 0.15) is 20.3 Å². The molecular weight excluding hydrogens is 164 g/mol. The van der Waals surface area contributed by atoms with Crippen molar-refractivity contribution in [3.63, 3.8) is 0 Å². The maximum absolute atomic E-state index is 8.91. The van der Waals surface area contributed by atoms with Gasteiger partial charge in [0.15, 0.2) is 0 Å². The van der Waals surface area contributed by atoms with Crippen LogP contribution in [0, 0.1) is 22.7 Å². The van der Waals surface area contributed by atoms with Crippen molar-refractivity contribution in [1.82, 2.24) is 4.90 Å². The SMILES string of the molecule is CC(CO)CN1CCC(C)(C#N)C1. The Kier molecular flexibility index (Phi) is 3.29. The smallest absolute Gasteiger partial charge is 0.0700 e. The Hall–Kier alpha value is -0.590. The summed E-state index contributed by atoms with van der Waals surface area (Å²) in [6, 6.07) is 2.36. The molecule has 1 saturated heterocycles. The quantitative estimate of drug-likeness (QED) is 0.704. The summed E-state index contributed by atoms with van der Waals surface area (Å²) < 4.78 is 0. The maximum Gasteiger partial charge on any atom is 0.0700 e. The van der Waals surface area contributed by atoms with Crippen molar-refractivity contribution in [3.8, 4) is 6.07 Å². The van der Waals surface area contributed by atoms with Gasteiger partial charge in [-0.2, -0.15) is 5.26 Å².